The molecule has 2 atom stereocenters. The van der Waals surface area contributed by atoms with E-state index in [0.29, 0.717) is 19.2 Å². The summed E-state index contributed by atoms with van der Waals surface area (Å²) in [5.41, 5.74) is 5.37. The second-order valence-corrected chi connectivity index (χ2v) is 5.86. The maximum atomic E-state index is 9.18. The monoisotopic (exact) mass is 280 g/mol. The zero-order chi connectivity index (χ0) is 13.7. The molecule has 0 radical (unpaired) electrons. The Morgan fingerprint density at radius 3 is 3.16 bits per heavy atom. The highest BCUT2D eigenvalue weighted by Gasteiger charge is 2.25. The van der Waals surface area contributed by atoms with Crippen LogP contribution in [0, 0.1) is 11.8 Å². The number of aliphatic hydroxyl groups excluding tert-OH is 1. The summed E-state index contributed by atoms with van der Waals surface area (Å²) in [7, 11) is 0. The van der Waals surface area contributed by atoms with Crippen molar-refractivity contribution in [1.82, 2.24) is 4.90 Å². The van der Waals surface area contributed by atoms with E-state index < -0.39 is 0 Å². The molecular formula is C14H20N2O2S. The van der Waals surface area contributed by atoms with Gasteiger partial charge in [-0.05, 0) is 19.1 Å². The van der Waals surface area contributed by atoms with E-state index in [4.69, 9.17) is 10.5 Å². The van der Waals surface area contributed by atoms with Crippen molar-refractivity contribution >= 4 is 11.3 Å². The van der Waals surface area contributed by atoms with Crippen molar-refractivity contribution in [3.8, 4) is 11.8 Å². The molecule has 1 aromatic rings. The molecule has 2 unspecified atom stereocenters. The molecule has 0 aromatic carbocycles. The Morgan fingerprint density at radius 2 is 2.42 bits per heavy atom. The van der Waals surface area contributed by atoms with Crippen molar-refractivity contribution in [3.05, 3.63) is 21.9 Å². The van der Waals surface area contributed by atoms with E-state index in [2.05, 4.69) is 29.7 Å². The highest BCUT2D eigenvalue weighted by molar-refractivity contribution is 7.12. The van der Waals surface area contributed by atoms with Gasteiger partial charge < -0.3 is 15.6 Å². The topological polar surface area (TPSA) is 58.7 Å². The molecule has 1 aliphatic rings. The van der Waals surface area contributed by atoms with Gasteiger partial charge in [-0.2, -0.15) is 0 Å². The molecule has 0 bridgehead atoms. The van der Waals surface area contributed by atoms with Crippen LogP contribution in [0.25, 0.3) is 0 Å². The van der Waals surface area contributed by atoms with Crippen LogP contribution in [0.4, 0.5) is 0 Å². The molecule has 5 heteroatoms. The quantitative estimate of drug-likeness (QED) is 0.798. The fraction of sp³-hybridized carbons (Fsp3) is 0.571. The highest BCUT2D eigenvalue weighted by atomic mass is 32.1. The van der Waals surface area contributed by atoms with Crippen LogP contribution in [-0.4, -0.2) is 48.5 Å². The number of rotatable bonds is 3. The number of hydrogen-bond donors (Lipinski definition) is 2. The second-order valence-electron chi connectivity index (χ2n) is 4.69. The molecule has 1 aromatic heterocycles. The van der Waals surface area contributed by atoms with Gasteiger partial charge in [0.15, 0.2) is 0 Å². The van der Waals surface area contributed by atoms with Crippen molar-refractivity contribution in [2.24, 2.45) is 5.73 Å². The molecule has 2 rings (SSSR count). The fourth-order valence-electron chi connectivity index (χ4n) is 2.07. The molecule has 4 nitrogen and oxygen atoms in total. The van der Waals surface area contributed by atoms with Crippen LogP contribution < -0.4 is 5.73 Å². The van der Waals surface area contributed by atoms with Crippen molar-refractivity contribution in [2.75, 3.05) is 26.3 Å². The lowest BCUT2D eigenvalue weighted by Gasteiger charge is -2.37. The third-order valence-corrected chi connectivity index (χ3v) is 4.16. The third-order valence-electron chi connectivity index (χ3n) is 3.17. The van der Waals surface area contributed by atoms with Gasteiger partial charge in [0.2, 0.25) is 0 Å². The number of nitrogens with two attached hydrogens (primary N) is 1. The van der Waals surface area contributed by atoms with Gasteiger partial charge in [-0.15, -0.1) is 11.3 Å². The number of hydrogen-bond acceptors (Lipinski definition) is 5. The van der Waals surface area contributed by atoms with Gasteiger partial charge in [0.1, 0.15) is 0 Å². The van der Waals surface area contributed by atoms with Gasteiger partial charge in [0.05, 0.1) is 30.7 Å². The third kappa shape index (κ3) is 4.03. The lowest BCUT2D eigenvalue weighted by molar-refractivity contribution is -0.0802. The minimum absolute atomic E-state index is 0.0623. The van der Waals surface area contributed by atoms with Crippen molar-refractivity contribution in [2.45, 2.75) is 25.6 Å². The van der Waals surface area contributed by atoms with E-state index in [1.165, 1.54) is 4.88 Å². The van der Waals surface area contributed by atoms with Gasteiger partial charge in [0.25, 0.3) is 0 Å². The lowest BCUT2D eigenvalue weighted by Crippen LogP contribution is -2.48. The summed E-state index contributed by atoms with van der Waals surface area (Å²) in [6.45, 7) is 4.97. The molecule has 2 heterocycles. The first-order chi connectivity index (χ1) is 9.22. The Labute approximate surface area is 118 Å². The summed E-state index contributed by atoms with van der Waals surface area (Å²) in [5.74, 6) is 5.92. The molecule has 0 saturated carbocycles. The van der Waals surface area contributed by atoms with E-state index >= 15 is 0 Å². The summed E-state index contributed by atoms with van der Waals surface area (Å²) in [6.07, 6.45) is -0.0623. The van der Waals surface area contributed by atoms with Crippen molar-refractivity contribution in [3.63, 3.8) is 0 Å². The summed E-state index contributed by atoms with van der Waals surface area (Å²) < 4.78 is 5.54. The zero-order valence-electron chi connectivity index (χ0n) is 11.1. The van der Waals surface area contributed by atoms with Crippen LogP contribution in [0.3, 0.4) is 0 Å². The second kappa shape index (κ2) is 7.04. The van der Waals surface area contributed by atoms with E-state index in [0.717, 1.165) is 18.0 Å². The Kier molecular flexibility index (Phi) is 5.37. The number of nitrogens with zero attached hydrogens (tertiary/aromatic N) is 1. The molecular weight excluding hydrogens is 260 g/mol. The summed E-state index contributed by atoms with van der Waals surface area (Å²) in [4.78, 5) is 4.68. The number of ether oxygens (including phenoxy) is 1. The van der Waals surface area contributed by atoms with E-state index in [9.17, 15) is 5.11 Å². The van der Waals surface area contributed by atoms with Gasteiger partial charge in [0, 0.05) is 24.0 Å². The first-order valence-electron chi connectivity index (χ1n) is 6.47. The zero-order valence-corrected chi connectivity index (χ0v) is 11.9. The van der Waals surface area contributed by atoms with Crippen LogP contribution in [0.2, 0.25) is 0 Å². The minimum Gasteiger partial charge on any atom is -0.394 e. The summed E-state index contributed by atoms with van der Waals surface area (Å²) in [6, 6.07) is 4.53. The van der Waals surface area contributed by atoms with Crippen molar-refractivity contribution < 1.29 is 9.84 Å². The van der Waals surface area contributed by atoms with E-state index in [1.54, 1.807) is 11.3 Å². The van der Waals surface area contributed by atoms with Crippen LogP contribution in [0.1, 0.15) is 16.7 Å². The summed E-state index contributed by atoms with van der Waals surface area (Å²) in [5, 5.41) is 9.18. The number of aliphatic hydroxyl groups is 1. The Balaban J connectivity index is 1.97. The Hall–Kier alpha value is -0.900. The first-order valence-corrected chi connectivity index (χ1v) is 7.28. The fourth-order valence-corrected chi connectivity index (χ4v) is 2.98. The van der Waals surface area contributed by atoms with Crippen LogP contribution in [-0.2, 0) is 11.3 Å². The standard InChI is InChI=1S/C14H20N2O2S/c1-11-10-18-12(9-17)7-16(11)8-14-5-4-13(19-14)3-2-6-15/h4-5,11-12,17H,6-10,15H2,1H3. The lowest BCUT2D eigenvalue weighted by atomic mass is 10.2. The Morgan fingerprint density at radius 1 is 1.58 bits per heavy atom. The largest absolute Gasteiger partial charge is 0.394 e. The van der Waals surface area contributed by atoms with E-state index in [1.807, 2.05) is 6.07 Å². The predicted octanol–water partition coefficient (Wildman–Crippen LogP) is 0.640. The first kappa shape index (κ1) is 14.5. The molecule has 3 N–H and O–H groups in total. The smallest absolute Gasteiger partial charge is 0.0933 e. The molecule has 1 aliphatic heterocycles. The maximum absolute atomic E-state index is 9.18. The molecule has 104 valence electrons. The van der Waals surface area contributed by atoms with Gasteiger partial charge in [-0.3, -0.25) is 4.90 Å². The predicted molar refractivity (Wildman–Crippen MR) is 76.9 cm³/mol. The minimum atomic E-state index is -0.0623. The van der Waals surface area contributed by atoms with Gasteiger partial charge in [-0.1, -0.05) is 11.8 Å². The average Bonchev–Trinajstić information content (AvgIpc) is 2.86. The number of morpholine rings is 1. The van der Waals surface area contributed by atoms with Gasteiger partial charge >= 0.3 is 0 Å². The molecule has 1 fully saturated rings. The SMILES string of the molecule is CC1COC(CO)CN1Cc1ccc(C#CCN)s1. The number of thiophene rings is 1. The molecule has 0 amide bonds. The molecule has 1 saturated heterocycles. The molecule has 0 aliphatic carbocycles. The molecule has 19 heavy (non-hydrogen) atoms. The average molecular weight is 280 g/mol. The van der Waals surface area contributed by atoms with E-state index in [-0.39, 0.29) is 12.7 Å². The van der Waals surface area contributed by atoms with Crippen LogP contribution in [0.15, 0.2) is 12.1 Å². The molecule has 0 spiro atoms. The maximum Gasteiger partial charge on any atom is 0.0933 e. The van der Waals surface area contributed by atoms with Crippen molar-refractivity contribution in [1.29, 1.82) is 0 Å². The summed E-state index contributed by atoms with van der Waals surface area (Å²) >= 11 is 1.70. The van der Waals surface area contributed by atoms with Gasteiger partial charge in [-0.25, -0.2) is 0 Å². The van der Waals surface area contributed by atoms with Crippen LogP contribution in [0.5, 0.6) is 0 Å². The highest BCUT2D eigenvalue weighted by Crippen LogP contribution is 2.21. The Bertz CT molecular complexity index is 464. The van der Waals surface area contributed by atoms with Crippen LogP contribution >= 0.6 is 11.3 Å². The normalized spacial score (nSPS) is 23.9.